The molecule has 1 aliphatic rings. The van der Waals surface area contributed by atoms with Gasteiger partial charge in [0, 0.05) is 18.0 Å². The fraction of sp³-hybridized carbons (Fsp3) is 0.286. The molecule has 5 heteroatoms. The first-order chi connectivity index (χ1) is 16.0. The van der Waals surface area contributed by atoms with Crippen LogP contribution < -0.4 is 4.74 Å². The zero-order chi connectivity index (χ0) is 22.9. The lowest BCUT2D eigenvalue weighted by molar-refractivity contribution is 0.144. The molecule has 5 rings (SSSR count). The fourth-order valence-corrected chi connectivity index (χ4v) is 4.92. The maximum atomic E-state index is 11.0. The van der Waals surface area contributed by atoms with E-state index in [9.17, 15) is 4.79 Å². The Balaban J connectivity index is 1.50. The Morgan fingerprint density at radius 1 is 1.03 bits per heavy atom. The van der Waals surface area contributed by atoms with Gasteiger partial charge in [-0.1, -0.05) is 55.3 Å². The van der Waals surface area contributed by atoms with E-state index in [1.165, 1.54) is 53.7 Å². The van der Waals surface area contributed by atoms with E-state index in [4.69, 9.17) is 14.8 Å². The lowest BCUT2D eigenvalue weighted by Crippen LogP contribution is -2.08. The molecule has 0 aliphatic heterocycles. The van der Waals surface area contributed by atoms with Crippen molar-refractivity contribution >= 4 is 17.2 Å². The Kier molecular flexibility index (Phi) is 5.63. The van der Waals surface area contributed by atoms with E-state index >= 15 is 0 Å². The molecule has 0 atom stereocenters. The Morgan fingerprint density at radius 2 is 1.73 bits per heavy atom. The number of carbonyl (C=O) groups is 1. The third-order valence-electron chi connectivity index (χ3n) is 6.80. The standard InChI is InChI=1S/C28H28N2O3/c1-18-15-24-25(16-19(18)2)30(27(29-24)22-7-3-4-8-22)17-20-11-13-21(14-12-20)23-9-5-6-10-26(23)33-28(31)32/h5-6,9-16,22H,3-4,7-8,17H2,1-2H3,(H,31,32). The predicted octanol–water partition coefficient (Wildman–Crippen LogP) is 7.08. The minimum Gasteiger partial charge on any atom is -0.449 e. The van der Waals surface area contributed by atoms with Crippen molar-refractivity contribution in [2.75, 3.05) is 0 Å². The molecule has 5 nitrogen and oxygen atoms in total. The van der Waals surface area contributed by atoms with Crippen molar-refractivity contribution in [3.63, 3.8) is 0 Å². The largest absolute Gasteiger partial charge is 0.511 e. The van der Waals surface area contributed by atoms with E-state index in [2.05, 4.69) is 42.7 Å². The molecule has 0 amide bonds. The van der Waals surface area contributed by atoms with Gasteiger partial charge in [0.25, 0.3) is 0 Å². The van der Waals surface area contributed by atoms with E-state index in [0.717, 1.165) is 23.2 Å². The van der Waals surface area contributed by atoms with Crippen LogP contribution in [0.1, 0.15) is 54.1 Å². The lowest BCUT2D eigenvalue weighted by atomic mass is 10.0. The third-order valence-corrected chi connectivity index (χ3v) is 6.80. The van der Waals surface area contributed by atoms with Crippen molar-refractivity contribution in [3.8, 4) is 16.9 Å². The molecule has 1 saturated carbocycles. The van der Waals surface area contributed by atoms with Crippen LogP contribution in [0.2, 0.25) is 0 Å². The van der Waals surface area contributed by atoms with Crippen molar-refractivity contribution < 1.29 is 14.6 Å². The first kappa shape index (κ1) is 21.3. The first-order valence-electron chi connectivity index (χ1n) is 11.6. The lowest BCUT2D eigenvalue weighted by Gasteiger charge is -2.15. The smallest absolute Gasteiger partial charge is 0.449 e. The molecule has 0 unspecified atom stereocenters. The molecule has 33 heavy (non-hydrogen) atoms. The summed E-state index contributed by atoms with van der Waals surface area (Å²) in [5.41, 5.74) is 7.71. The normalized spacial score (nSPS) is 14.1. The summed E-state index contributed by atoms with van der Waals surface area (Å²) in [4.78, 5) is 16.1. The van der Waals surface area contributed by atoms with E-state index in [0.29, 0.717) is 11.7 Å². The molecule has 1 N–H and O–H groups in total. The Hall–Kier alpha value is -3.60. The van der Waals surface area contributed by atoms with Crippen LogP contribution in [0.3, 0.4) is 0 Å². The zero-order valence-electron chi connectivity index (χ0n) is 19.0. The molecule has 4 aromatic rings. The first-order valence-corrected chi connectivity index (χ1v) is 11.6. The summed E-state index contributed by atoms with van der Waals surface area (Å²) in [6, 6.07) is 20.0. The monoisotopic (exact) mass is 440 g/mol. The second-order valence-corrected chi connectivity index (χ2v) is 9.02. The van der Waals surface area contributed by atoms with Gasteiger partial charge in [-0.3, -0.25) is 0 Å². The van der Waals surface area contributed by atoms with Crippen molar-refractivity contribution in [1.29, 1.82) is 0 Å². The van der Waals surface area contributed by atoms with Crippen LogP contribution in [0, 0.1) is 13.8 Å². The summed E-state index contributed by atoms with van der Waals surface area (Å²) in [6.07, 6.45) is 3.66. The van der Waals surface area contributed by atoms with Gasteiger partial charge in [0.1, 0.15) is 11.6 Å². The number of para-hydroxylation sites is 1. The number of imidazole rings is 1. The molecule has 0 saturated heterocycles. The number of hydrogen-bond donors (Lipinski definition) is 1. The van der Waals surface area contributed by atoms with Gasteiger partial charge in [-0.05, 0) is 67.1 Å². The molecule has 168 valence electrons. The molecule has 0 spiro atoms. The number of fused-ring (bicyclic) bond motifs is 1. The van der Waals surface area contributed by atoms with Crippen molar-refractivity contribution in [2.24, 2.45) is 0 Å². The Bertz CT molecular complexity index is 1320. The molecular weight excluding hydrogens is 412 g/mol. The number of aryl methyl sites for hydroxylation is 2. The van der Waals surface area contributed by atoms with Crippen LogP contribution in [-0.2, 0) is 6.54 Å². The van der Waals surface area contributed by atoms with Crippen molar-refractivity contribution in [2.45, 2.75) is 52.0 Å². The maximum Gasteiger partial charge on any atom is 0.511 e. The average Bonchev–Trinajstić information content (AvgIpc) is 3.44. The number of nitrogens with zero attached hydrogens (tertiary/aromatic N) is 2. The van der Waals surface area contributed by atoms with Gasteiger partial charge in [0.2, 0.25) is 0 Å². The minimum atomic E-state index is -1.31. The van der Waals surface area contributed by atoms with Gasteiger partial charge >= 0.3 is 6.16 Å². The number of ether oxygens (including phenoxy) is 1. The molecule has 0 bridgehead atoms. The van der Waals surface area contributed by atoms with Crippen LogP contribution in [0.4, 0.5) is 4.79 Å². The van der Waals surface area contributed by atoms with Gasteiger partial charge in [0.15, 0.2) is 0 Å². The van der Waals surface area contributed by atoms with Crippen LogP contribution in [0.25, 0.3) is 22.2 Å². The predicted molar refractivity (Wildman–Crippen MR) is 130 cm³/mol. The number of benzene rings is 3. The molecule has 1 fully saturated rings. The molecule has 3 aromatic carbocycles. The van der Waals surface area contributed by atoms with E-state index in [-0.39, 0.29) is 0 Å². The van der Waals surface area contributed by atoms with Crippen molar-refractivity contribution in [1.82, 2.24) is 9.55 Å². The van der Waals surface area contributed by atoms with Crippen LogP contribution in [0.15, 0.2) is 60.7 Å². The number of carboxylic acid groups (broad SMARTS) is 1. The zero-order valence-corrected chi connectivity index (χ0v) is 19.0. The van der Waals surface area contributed by atoms with Crippen LogP contribution >= 0.6 is 0 Å². The van der Waals surface area contributed by atoms with Gasteiger partial charge in [-0.15, -0.1) is 0 Å². The molecule has 1 aliphatic carbocycles. The summed E-state index contributed by atoms with van der Waals surface area (Å²) < 4.78 is 7.36. The maximum absolute atomic E-state index is 11.0. The topological polar surface area (TPSA) is 64.4 Å². The number of rotatable bonds is 5. The summed E-state index contributed by atoms with van der Waals surface area (Å²) >= 11 is 0. The van der Waals surface area contributed by atoms with Crippen molar-refractivity contribution in [3.05, 3.63) is 83.2 Å². The molecule has 1 heterocycles. The second kappa shape index (κ2) is 8.74. The highest BCUT2D eigenvalue weighted by molar-refractivity contribution is 5.78. The highest BCUT2D eigenvalue weighted by atomic mass is 16.7. The summed E-state index contributed by atoms with van der Waals surface area (Å²) in [5.74, 6) is 2.07. The summed E-state index contributed by atoms with van der Waals surface area (Å²) in [5, 5.41) is 9.03. The van der Waals surface area contributed by atoms with Crippen LogP contribution in [-0.4, -0.2) is 20.8 Å². The molecule has 1 aromatic heterocycles. The average molecular weight is 441 g/mol. The molecular formula is C28H28N2O3. The summed E-state index contributed by atoms with van der Waals surface area (Å²) in [6.45, 7) is 5.07. The second-order valence-electron chi connectivity index (χ2n) is 9.02. The highest BCUT2D eigenvalue weighted by Crippen LogP contribution is 2.36. The SMILES string of the molecule is Cc1cc2nc(C3CCCC3)n(Cc3ccc(-c4ccccc4OC(=O)O)cc3)c2cc1C. The quantitative estimate of drug-likeness (QED) is 0.266. The van der Waals surface area contributed by atoms with Crippen LogP contribution in [0.5, 0.6) is 5.75 Å². The van der Waals surface area contributed by atoms with E-state index in [1.54, 1.807) is 12.1 Å². The van der Waals surface area contributed by atoms with E-state index in [1.807, 2.05) is 24.3 Å². The van der Waals surface area contributed by atoms with Gasteiger partial charge in [0.05, 0.1) is 11.0 Å². The Labute approximate surface area is 193 Å². The Morgan fingerprint density at radius 3 is 2.45 bits per heavy atom. The number of aromatic nitrogens is 2. The number of hydrogen-bond acceptors (Lipinski definition) is 3. The third kappa shape index (κ3) is 4.23. The van der Waals surface area contributed by atoms with E-state index < -0.39 is 6.16 Å². The van der Waals surface area contributed by atoms with Gasteiger partial charge < -0.3 is 14.4 Å². The summed E-state index contributed by atoms with van der Waals surface area (Å²) in [7, 11) is 0. The molecule has 0 radical (unpaired) electrons. The fourth-order valence-electron chi connectivity index (χ4n) is 4.92. The highest BCUT2D eigenvalue weighted by Gasteiger charge is 2.24. The van der Waals surface area contributed by atoms with Gasteiger partial charge in [-0.25, -0.2) is 9.78 Å². The van der Waals surface area contributed by atoms with Gasteiger partial charge in [-0.2, -0.15) is 0 Å². The minimum absolute atomic E-state index is 0.340.